The number of piperazine rings is 1. The molecule has 6 atom stereocenters. The summed E-state index contributed by atoms with van der Waals surface area (Å²) in [7, 11) is 0. The summed E-state index contributed by atoms with van der Waals surface area (Å²) in [6, 6.07) is 17.9. The summed E-state index contributed by atoms with van der Waals surface area (Å²) in [6.45, 7) is 11.0. The zero-order chi connectivity index (χ0) is 37.2. The maximum Gasteiger partial charge on any atom is 0.350 e. The quantitative estimate of drug-likeness (QED) is 0.196. The fraction of sp³-hybridized carbons (Fsp3) is 0.447. The highest BCUT2D eigenvalue weighted by Crippen LogP contribution is 2.36. The first-order chi connectivity index (χ1) is 24.8. The number of aromatic nitrogens is 3. The average Bonchev–Trinajstić information content (AvgIpc) is 3.72. The van der Waals surface area contributed by atoms with Crippen molar-refractivity contribution in [2.24, 2.45) is 17.6 Å². The first-order valence-electron chi connectivity index (χ1n) is 17.6. The Morgan fingerprint density at radius 1 is 0.962 bits per heavy atom. The number of hydrogen-bond donors (Lipinski definition) is 2. The Morgan fingerprint density at radius 2 is 1.56 bits per heavy atom. The van der Waals surface area contributed by atoms with Gasteiger partial charge >= 0.3 is 11.7 Å². The molecule has 0 radical (unpaired) electrons. The molecule has 14 heteroatoms. The van der Waals surface area contributed by atoms with E-state index in [0.29, 0.717) is 17.9 Å². The molecule has 1 aromatic heterocycles. The smallest absolute Gasteiger partial charge is 0.350 e. The second-order valence-electron chi connectivity index (χ2n) is 13.9. The number of carboxylic acid groups (broad SMARTS) is 1. The molecule has 12 nitrogen and oxygen atoms in total. The average molecular weight is 721 g/mol. The normalized spacial score (nSPS) is 21.5. The first-order valence-corrected chi connectivity index (χ1v) is 17.6. The summed E-state index contributed by atoms with van der Waals surface area (Å²) in [5.41, 5.74) is 8.54. The van der Waals surface area contributed by atoms with Crippen molar-refractivity contribution >= 4 is 17.3 Å². The molecular formula is C38H46F2N6O6. The standard InChI is InChI=1S/C38H46F2N6O6/c1-24(19-25(2)35(41)36(47)48)26(3)46-37(49)45(23-42-46)30-8-6-28(7-9-30)43-15-17-44(18-16-43)29-10-12-31(13-11-29)50-21-32-22-51-38(4,52-32)33-14-5-27(39)20-34(33)40/h5-14,20,23-26,32,35H,15-19,21-22,41H2,1-4H3,(H,47,48)/t24?,25?,26?,32?,35-,38?/m0/s1. The molecule has 3 N–H and O–H groups in total. The van der Waals surface area contributed by atoms with Crippen LogP contribution in [-0.4, -0.2) is 77.0 Å². The minimum Gasteiger partial charge on any atom is -0.491 e. The van der Waals surface area contributed by atoms with E-state index >= 15 is 0 Å². The van der Waals surface area contributed by atoms with Crippen molar-refractivity contribution in [1.82, 2.24) is 14.3 Å². The number of nitrogens with zero attached hydrogens (tertiary/aromatic N) is 5. The van der Waals surface area contributed by atoms with E-state index in [1.165, 1.54) is 27.7 Å². The van der Waals surface area contributed by atoms with Gasteiger partial charge in [0.05, 0.1) is 18.3 Å². The molecule has 2 fully saturated rings. The van der Waals surface area contributed by atoms with Crippen LogP contribution in [0.1, 0.15) is 45.7 Å². The van der Waals surface area contributed by atoms with Crippen molar-refractivity contribution < 1.29 is 32.9 Å². The van der Waals surface area contributed by atoms with Gasteiger partial charge in [0.15, 0.2) is 5.79 Å². The summed E-state index contributed by atoms with van der Waals surface area (Å²) in [6.07, 6.45) is 1.65. The molecule has 0 amide bonds. The zero-order valence-electron chi connectivity index (χ0n) is 29.8. The van der Waals surface area contributed by atoms with Gasteiger partial charge in [-0.05, 0) is 92.8 Å². The number of carboxylic acids is 1. The molecule has 3 aromatic carbocycles. The molecule has 6 rings (SSSR count). The number of aliphatic carboxylic acids is 1. The summed E-state index contributed by atoms with van der Waals surface area (Å²) < 4.78 is 48.3. The van der Waals surface area contributed by atoms with Gasteiger partial charge in [-0.3, -0.25) is 4.79 Å². The molecule has 2 aliphatic rings. The molecular weight excluding hydrogens is 674 g/mol. The van der Waals surface area contributed by atoms with E-state index in [0.717, 1.165) is 43.6 Å². The second kappa shape index (κ2) is 15.4. The maximum absolute atomic E-state index is 14.3. The van der Waals surface area contributed by atoms with Crippen molar-refractivity contribution in [2.75, 3.05) is 49.2 Å². The SMILES string of the molecule is CC(CC(C)[C@H](N)C(=O)O)C(C)n1ncn(-c2ccc(N3CCN(c4ccc(OCC5COC(C)(c6ccc(F)cc6F)O5)cc4)CC3)cc2)c1=O. The summed E-state index contributed by atoms with van der Waals surface area (Å²) >= 11 is 0. The first kappa shape index (κ1) is 37.0. The van der Waals surface area contributed by atoms with Gasteiger partial charge in [-0.2, -0.15) is 5.10 Å². The van der Waals surface area contributed by atoms with Crippen molar-refractivity contribution in [3.63, 3.8) is 0 Å². The molecule has 52 heavy (non-hydrogen) atoms. The fourth-order valence-corrected chi connectivity index (χ4v) is 6.90. The Hall–Kier alpha value is -4.79. The molecule has 2 saturated heterocycles. The van der Waals surface area contributed by atoms with Crippen LogP contribution >= 0.6 is 0 Å². The van der Waals surface area contributed by atoms with E-state index in [9.17, 15) is 23.5 Å². The van der Waals surface area contributed by atoms with Crippen molar-refractivity contribution in [1.29, 1.82) is 0 Å². The maximum atomic E-state index is 14.3. The fourth-order valence-electron chi connectivity index (χ4n) is 6.90. The molecule has 278 valence electrons. The van der Waals surface area contributed by atoms with Gasteiger partial charge in [0, 0.05) is 49.2 Å². The van der Waals surface area contributed by atoms with Crippen LogP contribution in [0.5, 0.6) is 5.75 Å². The Labute approximate surface area is 301 Å². The van der Waals surface area contributed by atoms with Crippen LogP contribution in [0, 0.1) is 23.5 Å². The lowest BCUT2D eigenvalue weighted by molar-refractivity contribution is -0.166. The van der Waals surface area contributed by atoms with E-state index < -0.39 is 35.5 Å². The number of halogens is 2. The molecule has 0 bridgehead atoms. The van der Waals surface area contributed by atoms with Gasteiger partial charge in [0.1, 0.15) is 42.5 Å². The van der Waals surface area contributed by atoms with Crippen LogP contribution in [0.15, 0.2) is 77.9 Å². The van der Waals surface area contributed by atoms with Gasteiger partial charge in [-0.25, -0.2) is 22.8 Å². The third kappa shape index (κ3) is 7.98. The predicted octanol–water partition coefficient (Wildman–Crippen LogP) is 4.94. The Bertz CT molecular complexity index is 1900. The van der Waals surface area contributed by atoms with Crippen LogP contribution < -0.4 is 26.0 Å². The number of hydrogen-bond acceptors (Lipinski definition) is 9. The highest BCUT2D eigenvalue weighted by atomic mass is 19.1. The highest BCUT2D eigenvalue weighted by molar-refractivity contribution is 5.73. The lowest BCUT2D eigenvalue weighted by atomic mass is 9.88. The number of anilines is 2. The predicted molar refractivity (Wildman–Crippen MR) is 192 cm³/mol. The topological polar surface area (TPSA) is 137 Å². The number of ether oxygens (including phenoxy) is 3. The van der Waals surface area contributed by atoms with Gasteiger partial charge in [-0.1, -0.05) is 13.8 Å². The van der Waals surface area contributed by atoms with Crippen LogP contribution in [0.25, 0.3) is 5.69 Å². The largest absolute Gasteiger partial charge is 0.491 e. The molecule has 0 aliphatic carbocycles. The number of rotatable bonds is 13. The molecule has 2 aliphatic heterocycles. The molecule has 3 heterocycles. The van der Waals surface area contributed by atoms with Crippen LogP contribution in [0.4, 0.5) is 20.2 Å². The van der Waals surface area contributed by atoms with E-state index in [4.69, 9.17) is 19.9 Å². The monoisotopic (exact) mass is 720 g/mol. The minimum atomic E-state index is -1.32. The highest BCUT2D eigenvalue weighted by Gasteiger charge is 2.41. The van der Waals surface area contributed by atoms with Crippen LogP contribution in [0.3, 0.4) is 0 Å². The van der Waals surface area contributed by atoms with Crippen LogP contribution in [0.2, 0.25) is 0 Å². The summed E-state index contributed by atoms with van der Waals surface area (Å²) in [5.74, 6) is -3.30. The second-order valence-corrected chi connectivity index (χ2v) is 13.9. The van der Waals surface area contributed by atoms with E-state index in [1.807, 2.05) is 69.3 Å². The van der Waals surface area contributed by atoms with Crippen LogP contribution in [-0.2, 0) is 20.1 Å². The Balaban J connectivity index is 0.979. The van der Waals surface area contributed by atoms with Crippen molar-refractivity contribution in [3.8, 4) is 11.4 Å². The van der Waals surface area contributed by atoms with E-state index in [-0.39, 0.29) is 42.3 Å². The molecule has 0 saturated carbocycles. The van der Waals surface area contributed by atoms with Gasteiger partial charge in [0.25, 0.3) is 0 Å². The number of nitrogens with two attached hydrogens (primary N) is 1. The van der Waals surface area contributed by atoms with E-state index in [1.54, 1.807) is 6.92 Å². The summed E-state index contributed by atoms with van der Waals surface area (Å²) in [4.78, 5) is 29.2. The molecule has 0 spiro atoms. The van der Waals surface area contributed by atoms with Crippen molar-refractivity contribution in [2.45, 2.75) is 58.1 Å². The molecule has 5 unspecified atom stereocenters. The summed E-state index contributed by atoms with van der Waals surface area (Å²) in [5, 5.41) is 13.6. The van der Waals surface area contributed by atoms with E-state index in [2.05, 4.69) is 14.9 Å². The zero-order valence-corrected chi connectivity index (χ0v) is 29.8. The third-order valence-electron chi connectivity index (χ3n) is 10.3. The minimum absolute atomic E-state index is 0.0107. The van der Waals surface area contributed by atoms with Crippen molar-refractivity contribution in [3.05, 3.63) is 101 Å². The number of benzene rings is 3. The lowest BCUT2D eigenvalue weighted by Gasteiger charge is -2.37. The molecule has 4 aromatic rings. The Kier molecular flexibility index (Phi) is 11.0. The van der Waals surface area contributed by atoms with Gasteiger partial charge in [-0.15, -0.1) is 0 Å². The third-order valence-corrected chi connectivity index (χ3v) is 10.3. The van der Waals surface area contributed by atoms with Gasteiger partial charge in [0.2, 0.25) is 0 Å². The van der Waals surface area contributed by atoms with Gasteiger partial charge < -0.3 is 34.9 Å². The lowest BCUT2D eigenvalue weighted by Crippen LogP contribution is -2.46. The Morgan fingerprint density at radius 3 is 2.15 bits per heavy atom. The number of carbonyl (C=O) groups is 1.